The molecule has 0 amide bonds. The van der Waals surface area contributed by atoms with Crippen LogP contribution in [0.4, 0.5) is 4.39 Å². The molecule has 1 heterocycles. The van der Waals surface area contributed by atoms with Crippen LogP contribution < -0.4 is 0 Å². The number of halogens is 1. The van der Waals surface area contributed by atoms with Crippen molar-refractivity contribution in [2.45, 2.75) is 32.3 Å². The van der Waals surface area contributed by atoms with E-state index in [0.717, 1.165) is 22.4 Å². The highest BCUT2D eigenvalue weighted by molar-refractivity contribution is 7.39. The zero-order valence-electron chi connectivity index (χ0n) is 19.7. The molecule has 2 aromatic carbocycles. The van der Waals surface area contributed by atoms with Crippen LogP contribution in [0, 0.1) is 17.8 Å². The average molecular weight is 495 g/mol. The molecule has 3 aromatic rings. The quantitative estimate of drug-likeness (QED) is 0.256. The Morgan fingerprint density at radius 2 is 1.80 bits per heavy atom. The molecule has 8 heteroatoms. The second-order valence-corrected chi connectivity index (χ2v) is 9.74. The fourth-order valence-electron chi connectivity index (χ4n) is 3.44. The van der Waals surface area contributed by atoms with Crippen molar-refractivity contribution in [3.05, 3.63) is 77.7 Å². The van der Waals surface area contributed by atoms with Crippen LogP contribution in [0.2, 0.25) is 0 Å². The van der Waals surface area contributed by atoms with Crippen LogP contribution in [0.3, 0.4) is 0 Å². The molecule has 1 N–H and O–H groups in total. The molecule has 0 aliphatic rings. The molecule has 0 bridgehead atoms. The zero-order chi connectivity index (χ0) is 25.4. The molecule has 0 saturated carbocycles. The van der Waals surface area contributed by atoms with E-state index in [1.165, 1.54) is 19.2 Å². The first-order valence-electron chi connectivity index (χ1n) is 11.1. The summed E-state index contributed by atoms with van der Waals surface area (Å²) in [4.78, 5) is 16.9. The molecule has 0 aliphatic heterocycles. The highest BCUT2D eigenvalue weighted by Crippen LogP contribution is 2.33. The molecule has 35 heavy (non-hydrogen) atoms. The predicted molar refractivity (Wildman–Crippen MR) is 134 cm³/mol. The molecule has 0 aliphatic carbocycles. The fraction of sp³-hybridized carbons (Fsp3) is 0.259. The van der Waals surface area contributed by atoms with Gasteiger partial charge in [0, 0.05) is 24.4 Å². The van der Waals surface area contributed by atoms with E-state index in [-0.39, 0.29) is 24.3 Å². The molecule has 2 unspecified atom stereocenters. The Kier molecular flexibility index (Phi) is 9.33. The lowest BCUT2D eigenvalue weighted by atomic mass is 9.93. The van der Waals surface area contributed by atoms with Crippen LogP contribution in [0.1, 0.15) is 37.4 Å². The summed E-state index contributed by atoms with van der Waals surface area (Å²) in [6.07, 6.45) is 0.777. The number of carbonyl (C=O) groups excluding carboxylic acids is 1. The van der Waals surface area contributed by atoms with Crippen LogP contribution in [-0.2, 0) is 18.6 Å². The minimum atomic E-state index is -2.40. The summed E-state index contributed by atoms with van der Waals surface area (Å²) < 4.78 is 34.7. The molecule has 0 radical (unpaired) electrons. The van der Waals surface area contributed by atoms with Gasteiger partial charge in [-0.3, -0.25) is 14.3 Å². The maximum absolute atomic E-state index is 13.6. The van der Waals surface area contributed by atoms with E-state index in [2.05, 4.69) is 16.6 Å². The van der Waals surface area contributed by atoms with Gasteiger partial charge in [0.15, 0.2) is 8.03 Å². The minimum Gasteiger partial charge on any atom is -0.392 e. The summed E-state index contributed by atoms with van der Waals surface area (Å²) in [5.74, 6) is 1.79. The summed E-state index contributed by atoms with van der Waals surface area (Å²) in [6, 6.07) is 17.6. The number of nitrogens with zero attached hydrogens (tertiary/aromatic N) is 1. The Morgan fingerprint density at radius 1 is 1.11 bits per heavy atom. The highest BCUT2D eigenvalue weighted by atomic mass is 31.1. The predicted octanol–water partition coefficient (Wildman–Crippen LogP) is 5.40. The summed E-state index contributed by atoms with van der Waals surface area (Å²) >= 11 is 0. The number of aromatic nitrogens is 1. The largest absolute Gasteiger partial charge is 0.392 e. The van der Waals surface area contributed by atoms with Gasteiger partial charge in [-0.05, 0) is 35.6 Å². The highest BCUT2D eigenvalue weighted by Gasteiger charge is 2.18. The third kappa shape index (κ3) is 7.34. The molecule has 1 aromatic heterocycles. The van der Waals surface area contributed by atoms with Crippen molar-refractivity contribution in [3.63, 3.8) is 0 Å². The minimum absolute atomic E-state index is 0.00801. The van der Waals surface area contributed by atoms with E-state index in [1.54, 1.807) is 12.1 Å². The first-order valence-corrected chi connectivity index (χ1v) is 12.6. The molecule has 0 saturated heterocycles. The number of esters is 1. The van der Waals surface area contributed by atoms with Crippen LogP contribution in [-0.4, -0.2) is 35.4 Å². The van der Waals surface area contributed by atoms with E-state index in [0.29, 0.717) is 11.3 Å². The van der Waals surface area contributed by atoms with Gasteiger partial charge in [0.2, 0.25) is 0 Å². The van der Waals surface area contributed by atoms with Crippen molar-refractivity contribution in [3.8, 4) is 34.4 Å². The maximum Gasteiger partial charge on any atom is 0.322 e. The number of carbonyl (C=O) groups is 1. The number of hydrogen-bond acceptors (Lipinski definition) is 6. The van der Waals surface area contributed by atoms with Gasteiger partial charge in [0.1, 0.15) is 11.9 Å². The second kappa shape index (κ2) is 12.4. The van der Waals surface area contributed by atoms with Crippen LogP contribution in [0.25, 0.3) is 22.4 Å². The molecule has 0 fully saturated rings. The molecule has 2 atom stereocenters. The average Bonchev–Trinajstić information content (AvgIpc) is 2.84. The second-order valence-electron chi connectivity index (χ2n) is 8.18. The van der Waals surface area contributed by atoms with Gasteiger partial charge in [-0.1, -0.05) is 56.3 Å². The summed E-state index contributed by atoms with van der Waals surface area (Å²) in [5, 5.41) is 9.86. The van der Waals surface area contributed by atoms with Gasteiger partial charge < -0.3 is 14.4 Å². The fourth-order valence-corrected chi connectivity index (χ4v) is 4.14. The Balaban J connectivity index is 1.99. The number of aliphatic hydroxyl groups excluding tert-OH is 1. The van der Waals surface area contributed by atoms with Crippen molar-refractivity contribution >= 4 is 14.0 Å². The van der Waals surface area contributed by atoms with E-state index in [1.807, 2.05) is 50.2 Å². The van der Waals surface area contributed by atoms with E-state index < -0.39 is 20.1 Å². The number of hydrogen-bond donors (Lipinski definition) is 1. The number of aliphatic hydroxyl groups is 1. The summed E-state index contributed by atoms with van der Waals surface area (Å²) in [7, 11) is -1.12. The lowest BCUT2D eigenvalue weighted by Crippen LogP contribution is -2.16. The van der Waals surface area contributed by atoms with Gasteiger partial charge in [0.05, 0.1) is 29.5 Å². The summed E-state index contributed by atoms with van der Waals surface area (Å²) in [5.41, 5.74) is 4.39. The Hall–Kier alpha value is -3.30. The van der Waals surface area contributed by atoms with Gasteiger partial charge in [-0.15, -0.1) is 0 Å². The smallest absolute Gasteiger partial charge is 0.322 e. The monoisotopic (exact) mass is 495 g/mol. The van der Waals surface area contributed by atoms with Gasteiger partial charge in [0.25, 0.3) is 0 Å². The number of rotatable bonds is 8. The number of ether oxygens (including phenoxy) is 1. The normalized spacial score (nSPS) is 12.5. The van der Waals surface area contributed by atoms with E-state index in [9.17, 15) is 18.9 Å². The third-order valence-corrected chi connectivity index (χ3v) is 6.45. The standard InChI is InChI=1S/C27H27FNO5P/c1-18(2)27-23(13-14-34-26(31)15-22(30)17-35(32)33-3)24(19-9-11-21(28)12-10-19)16-25(29-27)20-7-5-4-6-8-20/h4-12,16,18,22,30,35H,15,17H2,1-3H3. The first kappa shape index (κ1) is 26.3. The van der Waals surface area contributed by atoms with E-state index >= 15 is 0 Å². The Labute approximate surface area is 205 Å². The SMILES string of the molecule is CO[PH](=O)CC(O)CC(=O)OC#Cc1c(-c2ccc(F)cc2)cc(-c2ccccc2)nc1C(C)C. The van der Waals surface area contributed by atoms with Gasteiger partial charge >= 0.3 is 5.97 Å². The maximum atomic E-state index is 13.6. The molecule has 0 spiro atoms. The van der Waals surface area contributed by atoms with Gasteiger partial charge in [-0.25, -0.2) is 4.39 Å². The van der Waals surface area contributed by atoms with Crippen molar-refractivity contribution in [1.82, 2.24) is 4.98 Å². The van der Waals surface area contributed by atoms with Crippen molar-refractivity contribution in [2.24, 2.45) is 0 Å². The van der Waals surface area contributed by atoms with Gasteiger partial charge in [-0.2, -0.15) is 0 Å². The third-order valence-electron chi connectivity index (χ3n) is 5.19. The molecular formula is C27H27FNO5P. The van der Waals surface area contributed by atoms with Crippen molar-refractivity contribution < 1.29 is 28.1 Å². The lowest BCUT2D eigenvalue weighted by molar-refractivity contribution is -0.138. The van der Waals surface area contributed by atoms with Crippen LogP contribution in [0.15, 0.2) is 60.7 Å². The zero-order valence-corrected chi connectivity index (χ0v) is 20.7. The summed E-state index contributed by atoms with van der Waals surface area (Å²) in [6.45, 7) is 3.97. The molecule has 182 valence electrons. The number of pyridine rings is 1. The van der Waals surface area contributed by atoms with Crippen molar-refractivity contribution in [1.29, 1.82) is 0 Å². The van der Waals surface area contributed by atoms with Crippen LogP contribution in [0.5, 0.6) is 0 Å². The number of benzene rings is 2. The Bertz CT molecular complexity index is 1250. The molecular weight excluding hydrogens is 468 g/mol. The van der Waals surface area contributed by atoms with Crippen LogP contribution >= 0.6 is 8.03 Å². The lowest BCUT2D eigenvalue weighted by Gasteiger charge is -2.16. The molecule has 6 nitrogen and oxygen atoms in total. The van der Waals surface area contributed by atoms with E-state index in [4.69, 9.17) is 9.72 Å². The Morgan fingerprint density at radius 3 is 2.43 bits per heavy atom. The van der Waals surface area contributed by atoms with Crippen molar-refractivity contribution in [2.75, 3.05) is 13.3 Å². The first-order chi connectivity index (χ1) is 16.8. The molecule has 3 rings (SSSR count). The topological polar surface area (TPSA) is 85.7 Å².